The van der Waals surface area contributed by atoms with Crippen molar-refractivity contribution < 1.29 is 14.7 Å². The Labute approximate surface area is 156 Å². The molecule has 5 nitrogen and oxygen atoms in total. The van der Waals surface area contributed by atoms with Gasteiger partial charge in [0.1, 0.15) is 5.75 Å². The first-order valence-corrected chi connectivity index (χ1v) is 9.79. The molecule has 0 atom stereocenters. The van der Waals surface area contributed by atoms with Crippen LogP contribution >= 0.6 is 0 Å². The minimum absolute atomic E-state index is 0.0158. The van der Waals surface area contributed by atoms with Crippen LogP contribution in [0.2, 0.25) is 0 Å². The summed E-state index contributed by atoms with van der Waals surface area (Å²) in [6, 6.07) is 7.11. The summed E-state index contributed by atoms with van der Waals surface area (Å²) in [6.07, 6.45) is 3.93. The summed E-state index contributed by atoms with van der Waals surface area (Å²) in [5.74, 6) is 1.33. The fourth-order valence-electron chi connectivity index (χ4n) is 3.64. The highest BCUT2D eigenvalue weighted by Gasteiger charge is 2.33. The number of hydrogen-bond donors (Lipinski definition) is 1. The molecule has 1 saturated carbocycles. The molecule has 3 rings (SSSR count). The lowest BCUT2D eigenvalue weighted by atomic mass is 9.94. The van der Waals surface area contributed by atoms with E-state index in [1.54, 1.807) is 12.1 Å². The zero-order chi connectivity index (χ0) is 18.7. The normalized spacial score (nSPS) is 18.2. The molecule has 1 N–H and O–H groups in total. The molecule has 2 fully saturated rings. The van der Waals surface area contributed by atoms with E-state index in [9.17, 15) is 14.7 Å². The SMILES string of the molecule is CC(C)C(=O)N1CCC(C(=O)N(Cc2ccc(O)cc2)CC2CC2)CC1. The van der Waals surface area contributed by atoms with Gasteiger partial charge in [-0.1, -0.05) is 26.0 Å². The number of phenols is 1. The average Bonchev–Trinajstić information content (AvgIpc) is 3.46. The van der Waals surface area contributed by atoms with E-state index in [4.69, 9.17) is 0 Å². The number of nitrogens with zero attached hydrogens (tertiary/aromatic N) is 2. The van der Waals surface area contributed by atoms with E-state index in [1.807, 2.05) is 35.8 Å². The van der Waals surface area contributed by atoms with Crippen LogP contribution in [0.4, 0.5) is 0 Å². The molecule has 0 spiro atoms. The molecule has 26 heavy (non-hydrogen) atoms. The van der Waals surface area contributed by atoms with E-state index in [0.717, 1.165) is 24.9 Å². The number of benzene rings is 1. The van der Waals surface area contributed by atoms with Crippen LogP contribution in [0.25, 0.3) is 0 Å². The van der Waals surface area contributed by atoms with Crippen molar-refractivity contribution in [1.82, 2.24) is 9.80 Å². The Morgan fingerprint density at radius 3 is 2.27 bits per heavy atom. The van der Waals surface area contributed by atoms with Crippen LogP contribution in [0.3, 0.4) is 0 Å². The highest BCUT2D eigenvalue weighted by molar-refractivity contribution is 5.81. The Morgan fingerprint density at radius 2 is 1.73 bits per heavy atom. The predicted octanol–water partition coefficient (Wildman–Crippen LogP) is 3.03. The molecule has 0 radical (unpaired) electrons. The van der Waals surface area contributed by atoms with Crippen molar-refractivity contribution in [2.24, 2.45) is 17.8 Å². The third-order valence-electron chi connectivity index (χ3n) is 5.45. The van der Waals surface area contributed by atoms with Crippen LogP contribution in [0, 0.1) is 17.8 Å². The number of carbonyl (C=O) groups excluding carboxylic acids is 2. The monoisotopic (exact) mass is 358 g/mol. The van der Waals surface area contributed by atoms with E-state index in [-0.39, 0.29) is 29.4 Å². The summed E-state index contributed by atoms with van der Waals surface area (Å²) < 4.78 is 0. The number of amides is 2. The van der Waals surface area contributed by atoms with Crippen molar-refractivity contribution in [2.75, 3.05) is 19.6 Å². The van der Waals surface area contributed by atoms with Gasteiger partial charge in [-0.2, -0.15) is 0 Å². The Kier molecular flexibility index (Phi) is 5.84. The van der Waals surface area contributed by atoms with Crippen molar-refractivity contribution in [2.45, 2.75) is 46.1 Å². The van der Waals surface area contributed by atoms with Crippen LogP contribution in [0.5, 0.6) is 5.75 Å². The van der Waals surface area contributed by atoms with Gasteiger partial charge in [0.2, 0.25) is 11.8 Å². The van der Waals surface area contributed by atoms with Gasteiger partial charge < -0.3 is 14.9 Å². The van der Waals surface area contributed by atoms with E-state index >= 15 is 0 Å². The first-order valence-electron chi connectivity index (χ1n) is 9.79. The summed E-state index contributed by atoms with van der Waals surface area (Å²) >= 11 is 0. The second kappa shape index (κ2) is 8.11. The second-order valence-electron chi connectivity index (χ2n) is 8.08. The highest BCUT2D eigenvalue weighted by Crippen LogP contribution is 2.32. The first-order chi connectivity index (χ1) is 12.4. The lowest BCUT2D eigenvalue weighted by molar-refractivity contribution is -0.142. The maximum Gasteiger partial charge on any atom is 0.226 e. The van der Waals surface area contributed by atoms with Gasteiger partial charge in [0, 0.05) is 38.0 Å². The molecule has 1 aromatic rings. The predicted molar refractivity (Wildman–Crippen MR) is 100 cm³/mol. The fraction of sp³-hybridized carbons (Fsp3) is 0.619. The first kappa shape index (κ1) is 18.7. The summed E-state index contributed by atoms with van der Waals surface area (Å²) in [5, 5.41) is 9.46. The van der Waals surface area contributed by atoms with E-state index in [1.165, 1.54) is 12.8 Å². The molecule has 142 valence electrons. The topological polar surface area (TPSA) is 60.9 Å². The van der Waals surface area contributed by atoms with Crippen LogP contribution in [0.15, 0.2) is 24.3 Å². The van der Waals surface area contributed by atoms with Crippen LogP contribution in [-0.2, 0) is 16.1 Å². The molecule has 2 aliphatic rings. The molecule has 1 aliphatic heterocycles. The van der Waals surface area contributed by atoms with Crippen molar-refractivity contribution in [3.8, 4) is 5.75 Å². The molecule has 0 aromatic heterocycles. The van der Waals surface area contributed by atoms with Gasteiger partial charge in [-0.05, 0) is 49.3 Å². The number of piperidine rings is 1. The number of hydrogen-bond acceptors (Lipinski definition) is 3. The zero-order valence-corrected chi connectivity index (χ0v) is 15.9. The van der Waals surface area contributed by atoms with E-state index in [2.05, 4.69) is 0 Å². The lowest BCUT2D eigenvalue weighted by Gasteiger charge is -2.35. The fourth-order valence-corrected chi connectivity index (χ4v) is 3.64. The maximum absolute atomic E-state index is 13.1. The van der Waals surface area contributed by atoms with Gasteiger partial charge in [0.15, 0.2) is 0 Å². The Morgan fingerprint density at radius 1 is 1.12 bits per heavy atom. The third-order valence-corrected chi connectivity index (χ3v) is 5.45. The van der Waals surface area contributed by atoms with Gasteiger partial charge >= 0.3 is 0 Å². The average molecular weight is 358 g/mol. The van der Waals surface area contributed by atoms with E-state index in [0.29, 0.717) is 25.6 Å². The Bertz CT molecular complexity index is 629. The standard InChI is InChI=1S/C21H30N2O3/c1-15(2)20(25)22-11-9-18(10-12-22)21(26)23(13-16-3-4-16)14-17-5-7-19(24)8-6-17/h5-8,15-16,18,24H,3-4,9-14H2,1-2H3. The minimum Gasteiger partial charge on any atom is -0.508 e. The van der Waals surface area contributed by atoms with Crippen molar-refractivity contribution >= 4 is 11.8 Å². The zero-order valence-electron chi connectivity index (χ0n) is 15.9. The van der Waals surface area contributed by atoms with Crippen molar-refractivity contribution in [1.29, 1.82) is 0 Å². The summed E-state index contributed by atoms with van der Waals surface area (Å²) in [6.45, 7) is 6.64. The smallest absolute Gasteiger partial charge is 0.226 e. The number of carbonyl (C=O) groups is 2. The Balaban J connectivity index is 1.60. The molecule has 2 amide bonds. The van der Waals surface area contributed by atoms with Gasteiger partial charge in [-0.25, -0.2) is 0 Å². The molecule has 0 unspecified atom stereocenters. The number of aromatic hydroxyl groups is 1. The third kappa shape index (κ3) is 4.77. The van der Waals surface area contributed by atoms with Crippen LogP contribution < -0.4 is 0 Å². The molecular formula is C21H30N2O3. The molecular weight excluding hydrogens is 328 g/mol. The van der Waals surface area contributed by atoms with Crippen LogP contribution in [-0.4, -0.2) is 46.4 Å². The van der Waals surface area contributed by atoms with E-state index < -0.39 is 0 Å². The minimum atomic E-state index is 0.0158. The quantitative estimate of drug-likeness (QED) is 0.850. The Hall–Kier alpha value is -2.04. The van der Waals surface area contributed by atoms with Gasteiger partial charge in [0.25, 0.3) is 0 Å². The van der Waals surface area contributed by atoms with Crippen molar-refractivity contribution in [3.05, 3.63) is 29.8 Å². The number of rotatable bonds is 6. The summed E-state index contributed by atoms with van der Waals surface area (Å²) in [4.78, 5) is 29.2. The highest BCUT2D eigenvalue weighted by atomic mass is 16.3. The second-order valence-corrected chi connectivity index (χ2v) is 8.08. The summed E-state index contributed by atoms with van der Waals surface area (Å²) in [7, 11) is 0. The van der Waals surface area contributed by atoms with Gasteiger partial charge in [0.05, 0.1) is 0 Å². The number of phenolic OH excluding ortho intramolecular Hbond substituents is 1. The van der Waals surface area contributed by atoms with Gasteiger partial charge in [-0.15, -0.1) is 0 Å². The van der Waals surface area contributed by atoms with Crippen molar-refractivity contribution in [3.63, 3.8) is 0 Å². The molecule has 0 bridgehead atoms. The van der Waals surface area contributed by atoms with Crippen LogP contribution in [0.1, 0.15) is 45.1 Å². The van der Waals surface area contributed by atoms with Gasteiger partial charge in [-0.3, -0.25) is 9.59 Å². The summed E-state index contributed by atoms with van der Waals surface area (Å²) in [5.41, 5.74) is 1.05. The molecule has 1 aliphatic carbocycles. The maximum atomic E-state index is 13.1. The largest absolute Gasteiger partial charge is 0.508 e. The molecule has 5 heteroatoms. The molecule has 1 saturated heterocycles. The number of likely N-dealkylation sites (tertiary alicyclic amines) is 1. The molecule has 1 aromatic carbocycles. The molecule has 1 heterocycles. The lowest BCUT2D eigenvalue weighted by Crippen LogP contribution is -2.45.